The zero-order chi connectivity index (χ0) is 18.9. The summed E-state index contributed by atoms with van der Waals surface area (Å²) in [6, 6.07) is 14.1. The molecule has 1 aromatic carbocycles. The summed E-state index contributed by atoms with van der Waals surface area (Å²) in [5, 5.41) is 9.21. The van der Waals surface area contributed by atoms with Crippen LogP contribution in [0.3, 0.4) is 0 Å². The summed E-state index contributed by atoms with van der Waals surface area (Å²) in [7, 11) is 0. The molecular formula is C22H18N4OS. The Kier molecular flexibility index (Phi) is 4.41. The van der Waals surface area contributed by atoms with E-state index < -0.39 is 0 Å². The Balaban J connectivity index is 1.52. The fourth-order valence-corrected chi connectivity index (χ4v) is 4.36. The molecule has 0 saturated heterocycles. The van der Waals surface area contributed by atoms with E-state index in [1.54, 1.807) is 17.5 Å². The monoisotopic (exact) mass is 386 g/mol. The molecule has 5 nitrogen and oxygen atoms in total. The van der Waals surface area contributed by atoms with Crippen LogP contribution >= 0.6 is 11.3 Å². The maximum absolute atomic E-state index is 12.2. The zero-order valence-corrected chi connectivity index (χ0v) is 16.0. The van der Waals surface area contributed by atoms with Crippen molar-refractivity contribution in [1.82, 2.24) is 9.97 Å². The predicted molar refractivity (Wildman–Crippen MR) is 112 cm³/mol. The molecule has 0 bridgehead atoms. The molecule has 0 radical (unpaired) electrons. The molecule has 28 heavy (non-hydrogen) atoms. The van der Waals surface area contributed by atoms with Crippen molar-refractivity contribution in [1.29, 1.82) is 0 Å². The van der Waals surface area contributed by atoms with Gasteiger partial charge in [0.05, 0.1) is 16.3 Å². The van der Waals surface area contributed by atoms with E-state index in [1.807, 2.05) is 36.5 Å². The summed E-state index contributed by atoms with van der Waals surface area (Å²) in [5.74, 6) is 0.550. The fourth-order valence-electron chi connectivity index (χ4n) is 3.28. The SMILES string of the molecule is O=C(Cc1cc(-c2nc(-c3ccccc3)c(C3=NN=CC3)s2)ccn1)C1CC1. The highest BCUT2D eigenvalue weighted by Crippen LogP contribution is 2.36. The minimum Gasteiger partial charge on any atom is -0.299 e. The summed E-state index contributed by atoms with van der Waals surface area (Å²) >= 11 is 1.62. The van der Waals surface area contributed by atoms with Gasteiger partial charge in [-0.25, -0.2) is 4.98 Å². The molecule has 0 N–H and O–H groups in total. The third-order valence-corrected chi connectivity index (χ3v) is 6.09. The third-order valence-electron chi connectivity index (χ3n) is 4.93. The van der Waals surface area contributed by atoms with Crippen LogP contribution in [-0.4, -0.2) is 27.7 Å². The largest absolute Gasteiger partial charge is 0.299 e. The lowest BCUT2D eigenvalue weighted by Crippen LogP contribution is -2.06. The Morgan fingerprint density at radius 2 is 1.96 bits per heavy atom. The molecule has 2 aromatic heterocycles. The number of pyridine rings is 1. The lowest BCUT2D eigenvalue weighted by atomic mass is 10.1. The highest BCUT2D eigenvalue weighted by molar-refractivity contribution is 7.17. The van der Waals surface area contributed by atoms with Gasteiger partial charge in [-0.2, -0.15) is 10.2 Å². The molecule has 3 aromatic rings. The third kappa shape index (κ3) is 3.43. The van der Waals surface area contributed by atoms with Gasteiger partial charge in [-0.05, 0) is 25.0 Å². The first kappa shape index (κ1) is 17.1. The molecule has 0 amide bonds. The number of carbonyl (C=O) groups is 1. The van der Waals surface area contributed by atoms with Crippen molar-refractivity contribution in [2.24, 2.45) is 16.1 Å². The molecule has 3 heterocycles. The van der Waals surface area contributed by atoms with Gasteiger partial charge in [0.25, 0.3) is 0 Å². The van der Waals surface area contributed by atoms with Gasteiger partial charge in [0.2, 0.25) is 0 Å². The quantitative estimate of drug-likeness (QED) is 0.623. The minimum absolute atomic E-state index is 0.252. The van der Waals surface area contributed by atoms with Crippen molar-refractivity contribution in [3.63, 3.8) is 0 Å². The molecule has 0 atom stereocenters. The molecule has 5 rings (SSSR count). The van der Waals surface area contributed by atoms with Crippen LogP contribution in [-0.2, 0) is 11.2 Å². The van der Waals surface area contributed by atoms with Gasteiger partial charge in [0.1, 0.15) is 10.8 Å². The van der Waals surface area contributed by atoms with Gasteiger partial charge in [-0.3, -0.25) is 9.78 Å². The van der Waals surface area contributed by atoms with Gasteiger partial charge in [0, 0.05) is 48.0 Å². The molecule has 1 saturated carbocycles. The van der Waals surface area contributed by atoms with Crippen molar-refractivity contribution in [3.05, 3.63) is 59.2 Å². The first-order valence-electron chi connectivity index (χ1n) is 9.41. The molecule has 1 fully saturated rings. The maximum atomic E-state index is 12.2. The van der Waals surface area contributed by atoms with Crippen LogP contribution in [0.15, 0.2) is 58.9 Å². The number of rotatable bonds is 6. The average molecular weight is 386 g/mol. The maximum Gasteiger partial charge on any atom is 0.141 e. The number of ketones is 1. The number of thiazole rings is 1. The number of aromatic nitrogens is 2. The number of carbonyl (C=O) groups excluding carboxylic acids is 1. The Labute approximate surface area is 166 Å². The number of Topliss-reactive ketones (excluding diaryl/α,β-unsaturated/α-hetero) is 1. The van der Waals surface area contributed by atoms with Crippen molar-refractivity contribution < 1.29 is 4.79 Å². The summed E-state index contributed by atoms with van der Waals surface area (Å²) in [4.78, 5) is 22.5. The van der Waals surface area contributed by atoms with E-state index in [1.165, 1.54) is 0 Å². The van der Waals surface area contributed by atoms with Crippen LogP contribution in [0.25, 0.3) is 21.8 Å². The van der Waals surface area contributed by atoms with Crippen molar-refractivity contribution in [2.45, 2.75) is 25.7 Å². The van der Waals surface area contributed by atoms with Gasteiger partial charge in [-0.15, -0.1) is 11.3 Å². The Morgan fingerprint density at radius 3 is 2.71 bits per heavy atom. The molecule has 1 aliphatic heterocycles. The molecule has 138 valence electrons. The predicted octanol–water partition coefficient (Wildman–Crippen LogP) is 4.57. The van der Waals surface area contributed by atoms with E-state index in [2.05, 4.69) is 27.3 Å². The van der Waals surface area contributed by atoms with E-state index in [0.717, 1.165) is 57.4 Å². The zero-order valence-electron chi connectivity index (χ0n) is 15.2. The number of benzene rings is 1. The van der Waals surface area contributed by atoms with E-state index in [4.69, 9.17) is 4.98 Å². The normalized spacial score (nSPS) is 15.6. The van der Waals surface area contributed by atoms with Crippen LogP contribution in [0.1, 0.15) is 29.8 Å². The molecule has 0 unspecified atom stereocenters. The van der Waals surface area contributed by atoms with E-state index >= 15 is 0 Å². The average Bonchev–Trinajstić information content (AvgIpc) is 3.26. The molecule has 1 aliphatic carbocycles. The van der Waals surface area contributed by atoms with Crippen LogP contribution in [0.5, 0.6) is 0 Å². The first-order valence-corrected chi connectivity index (χ1v) is 10.2. The van der Waals surface area contributed by atoms with Crippen molar-refractivity contribution in [2.75, 3.05) is 0 Å². The van der Waals surface area contributed by atoms with Crippen LogP contribution < -0.4 is 0 Å². The van der Waals surface area contributed by atoms with Crippen molar-refractivity contribution in [3.8, 4) is 21.8 Å². The number of hydrogen-bond acceptors (Lipinski definition) is 6. The lowest BCUT2D eigenvalue weighted by Gasteiger charge is -2.02. The van der Waals surface area contributed by atoms with E-state index in [-0.39, 0.29) is 5.92 Å². The lowest BCUT2D eigenvalue weighted by molar-refractivity contribution is -0.119. The second-order valence-corrected chi connectivity index (χ2v) is 8.06. The van der Waals surface area contributed by atoms with Gasteiger partial charge in [0.15, 0.2) is 0 Å². The summed E-state index contributed by atoms with van der Waals surface area (Å²) in [6.07, 6.45) is 6.77. The number of hydrogen-bond donors (Lipinski definition) is 0. The van der Waals surface area contributed by atoms with E-state index in [9.17, 15) is 4.79 Å². The van der Waals surface area contributed by atoms with Crippen molar-refractivity contribution >= 4 is 29.0 Å². The highest BCUT2D eigenvalue weighted by atomic mass is 32.1. The summed E-state index contributed by atoms with van der Waals surface area (Å²) in [5.41, 5.74) is 4.74. The van der Waals surface area contributed by atoms with Crippen LogP contribution in [0.2, 0.25) is 0 Å². The number of nitrogens with zero attached hydrogens (tertiary/aromatic N) is 4. The molecule has 6 heteroatoms. The first-order chi connectivity index (χ1) is 13.8. The van der Waals surface area contributed by atoms with Crippen LogP contribution in [0, 0.1) is 5.92 Å². The highest BCUT2D eigenvalue weighted by Gasteiger charge is 2.29. The molecular weight excluding hydrogens is 368 g/mol. The summed E-state index contributed by atoms with van der Waals surface area (Å²) < 4.78 is 0. The second kappa shape index (κ2) is 7.20. The molecule has 0 spiro atoms. The Morgan fingerprint density at radius 1 is 1.11 bits per heavy atom. The van der Waals surface area contributed by atoms with Crippen LogP contribution in [0.4, 0.5) is 0 Å². The topological polar surface area (TPSA) is 67.6 Å². The second-order valence-electron chi connectivity index (χ2n) is 7.06. The molecule has 2 aliphatic rings. The van der Waals surface area contributed by atoms with Gasteiger partial charge in [-0.1, -0.05) is 30.3 Å². The van der Waals surface area contributed by atoms with Gasteiger partial charge < -0.3 is 0 Å². The Bertz CT molecular complexity index is 1100. The van der Waals surface area contributed by atoms with E-state index in [0.29, 0.717) is 12.2 Å². The Hall–Kier alpha value is -2.99. The summed E-state index contributed by atoms with van der Waals surface area (Å²) in [6.45, 7) is 0. The minimum atomic E-state index is 0.252. The fraction of sp³-hybridized carbons (Fsp3) is 0.227. The standard InChI is InChI=1S/C22H18N4OS/c27-19(14-6-7-14)13-17-12-16(8-10-23-17)22-25-20(15-4-2-1-3-5-15)21(28-22)18-9-11-24-26-18/h1-5,8,10-12,14H,6-7,9,13H2. The smallest absolute Gasteiger partial charge is 0.141 e. The van der Waals surface area contributed by atoms with Gasteiger partial charge >= 0.3 is 0 Å².